The standard InChI is InChI=1S/C30H26N4O3/c1-36-27-17-25-26(18-28(27)37-2)31-19-32-30(25)34-24-14-12-23(13-15-24)33-29(35)16-20-8-10-22(11-9-20)21-6-4-3-5-7-21/h3-15,17-19H,16H2,1-2H3,(H,33,35)(H,31,32,34). The average Bonchev–Trinajstić information content (AvgIpc) is 2.94. The highest BCUT2D eigenvalue weighted by Gasteiger charge is 2.11. The fraction of sp³-hybridized carbons (Fsp3) is 0.100. The molecule has 5 rings (SSSR count). The van der Waals surface area contributed by atoms with Gasteiger partial charge in [-0.05, 0) is 47.0 Å². The van der Waals surface area contributed by atoms with E-state index in [2.05, 4.69) is 32.7 Å². The second-order valence-corrected chi connectivity index (χ2v) is 8.44. The van der Waals surface area contributed by atoms with E-state index >= 15 is 0 Å². The first-order valence-electron chi connectivity index (χ1n) is 11.8. The van der Waals surface area contributed by atoms with Gasteiger partial charge in [0, 0.05) is 22.8 Å². The zero-order valence-corrected chi connectivity index (χ0v) is 20.6. The second kappa shape index (κ2) is 10.8. The van der Waals surface area contributed by atoms with Crippen LogP contribution in [0, 0.1) is 0 Å². The summed E-state index contributed by atoms with van der Waals surface area (Å²) in [4.78, 5) is 21.3. The first-order chi connectivity index (χ1) is 18.1. The number of carbonyl (C=O) groups is 1. The molecule has 0 spiro atoms. The topological polar surface area (TPSA) is 85.4 Å². The van der Waals surface area contributed by atoms with Gasteiger partial charge in [-0.3, -0.25) is 4.79 Å². The van der Waals surface area contributed by atoms with Crippen molar-refractivity contribution in [2.45, 2.75) is 6.42 Å². The molecule has 0 saturated carbocycles. The highest BCUT2D eigenvalue weighted by molar-refractivity contribution is 5.94. The molecule has 0 aliphatic rings. The molecule has 37 heavy (non-hydrogen) atoms. The van der Waals surface area contributed by atoms with Gasteiger partial charge in [0.2, 0.25) is 5.91 Å². The van der Waals surface area contributed by atoms with Gasteiger partial charge in [0.1, 0.15) is 12.1 Å². The molecule has 0 saturated heterocycles. The van der Waals surface area contributed by atoms with Crippen LogP contribution in [0.25, 0.3) is 22.0 Å². The Hall–Kier alpha value is -4.91. The van der Waals surface area contributed by atoms with Gasteiger partial charge in [-0.2, -0.15) is 0 Å². The number of rotatable bonds is 8. The Bertz CT molecular complexity index is 1520. The van der Waals surface area contributed by atoms with Crippen LogP contribution in [-0.2, 0) is 11.2 Å². The van der Waals surface area contributed by atoms with Crippen LogP contribution in [-0.4, -0.2) is 30.1 Å². The van der Waals surface area contributed by atoms with Crippen LogP contribution < -0.4 is 20.1 Å². The van der Waals surface area contributed by atoms with Crippen molar-refractivity contribution in [1.82, 2.24) is 9.97 Å². The highest BCUT2D eigenvalue weighted by atomic mass is 16.5. The lowest BCUT2D eigenvalue weighted by atomic mass is 10.0. The summed E-state index contributed by atoms with van der Waals surface area (Å²) < 4.78 is 10.8. The van der Waals surface area contributed by atoms with Crippen LogP contribution in [0.1, 0.15) is 5.56 Å². The molecule has 1 heterocycles. The molecule has 184 valence electrons. The van der Waals surface area contributed by atoms with Gasteiger partial charge in [-0.1, -0.05) is 54.6 Å². The molecule has 7 heteroatoms. The van der Waals surface area contributed by atoms with E-state index in [0.717, 1.165) is 39.0 Å². The molecule has 0 fully saturated rings. The lowest BCUT2D eigenvalue weighted by molar-refractivity contribution is -0.115. The first kappa shape index (κ1) is 23.8. The minimum atomic E-state index is -0.0731. The lowest BCUT2D eigenvalue weighted by Crippen LogP contribution is -2.14. The maximum absolute atomic E-state index is 12.6. The molecule has 0 aliphatic heterocycles. The lowest BCUT2D eigenvalue weighted by Gasteiger charge is -2.12. The highest BCUT2D eigenvalue weighted by Crippen LogP contribution is 2.34. The van der Waals surface area contributed by atoms with Crippen molar-refractivity contribution >= 4 is 34.0 Å². The number of carbonyl (C=O) groups excluding carboxylic acids is 1. The molecule has 0 radical (unpaired) electrons. The number of anilines is 3. The predicted molar refractivity (Wildman–Crippen MR) is 147 cm³/mol. The van der Waals surface area contributed by atoms with Crippen molar-refractivity contribution in [3.05, 3.63) is 103 Å². The summed E-state index contributed by atoms with van der Waals surface area (Å²) in [5, 5.41) is 7.08. The Labute approximate surface area is 215 Å². The third-order valence-electron chi connectivity index (χ3n) is 6.00. The average molecular weight is 491 g/mol. The summed E-state index contributed by atoms with van der Waals surface area (Å²) in [5.74, 6) is 1.77. The van der Waals surface area contributed by atoms with Crippen molar-refractivity contribution in [1.29, 1.82) is 0 Å². The molecule has 4 aromatic carbocycles. The third kappa shape index (κ3) is 5.51. The van der Waals surface area contributed by atoms with E-state index in [1.54, 1.807) is 14.2 Å². The van der Waals surface area contributed by atoms with Gasteiger partial charge < -0.3 is 20.1 Å². The predicted octanol–water partition coefficient (Wildman–Crippen LogP) is 6.24. The summed E-state index contributed by atoms with van der Waals surface area (Å²) >= 11 is 0. The summed E-state index contributed by atoms with van der Waals surface area (Å²) in [5.41, 5.74) is 5.51. The molecule has 0 atom stereocenters. The van der Waals surface area contributed by atoms with Crippen LogP contribution in [0.3, 0.4) is 0 Å². The SMILES string of the molecule is COc1cc2ncnc(Nc3ccc(NC(=O)Cc4ccc(-c5ccccc5)cc4)cc3)c2cc1OC. The molecule has 1 amide bonds. The van der Waals surface area contributed by atoms with Crippen LogP contribution >= 0.6 is 0 Å². The Morgan fingerprint density at radius 2 is 1.41 bits per heavy atom. The maximum atomic E-state index is 12.6. The molecule has 1 aromatic heterocycles. The number of nitrogens with zero attached hydrogens (tertiary/aromatic N) is 2. The fourth-order valence-corrected chi connectivity index (χ4v) is 4.09. The largest absolute Gasteiger partial charge is 0.493 e. The number of hydrogen-bond acceptors (Lipinski definition) is 6. The molecular weight excluding hydrogens is 464 g/mol. The molecule has 0 aliphatic carbocycles. The van der Waals surface area contributed by atoms with Crippen LogP contribution in [0.4, 0.5) is 17.2 Å². The third-order valence-corrected chi connectivity index (χ3v) is 6.00. The Balaban J connectivity index is 1.23. The van der Waals surface area contributed by atoms with E-state index in [1.165, 1.54) is 6.33 Å². The van der Waals surface area contributed by atoms with E-state index < -0.39 is 0 Å². The number of benzene rings is 4. The smallest absolute Gasteiger partial charge is 0.228 e. The van der Waals surface area contributed by atoms with Crippen molar-refractivity contribution in [3.63, 3.8) is 0 Å². The Morgan fingerprint density at radius 1 is 0.757 bits per heavy atom. The normalized spacial score (nSPS) is 10.6. The second-order valence-electron chi connectivity index (χ2n) is 8.44. The number of methoxy groups -OCH3 is 2. The first-order valence-corrected chi connectivity index (χ1v) is 11.8. The van der Waals surface area contributed by atoms with Gasteiger partial charge in [0.25, 0.3) is 0 Å². The zero-order chi connectivity index (χ0) is 25.6. The molecule has 5 aromatic rings. The summed E-state index contributed by atoms with van der Waals surface area (Å²) in [6, 6.07) is 29.4. The van der Waals surface area contributed by atoms with E-state index in [0.29, 0.717) is 23.7 Å². The summed E-state index contributed by atoms with van der Waals surface area (Å²) in [7, 11) is 3.18. The van der Waals surface area contributed by atoms with Gasteiger partial charge in [0.15, 0.2) is 11.5 Å². The quantitative estimate of drug-likeness (QED) is 0.268. The minimum absolute atomic E-state index is 0.0731. The monoisotopic (exact) mass is 490 g/mol. The van der Waals surface area contributed by atoms with E-state index in [1.807, 2.05) is 78.9 Å². The van der Waals surface area contributed by atoms with Crippen molar-refractivity contribution in [2.24, 2.45) is 0 Å². The summed E-state index contributed by atoms with van der Waals surface area (Å²) in [6.07, 6.45) is 1.80. The summed E-state index contributed by atoms with van der Waals surface area (Å²) in [6.45, 7) is 0. The van der Waals surface area contributed by atoms with Gasteiger partial charge >= 0.3 is 0 Å². The van der Waals surface area contributed by atoms with Gasteiger partial charge in [0.05, 0.1) is 26.2 Å². The maximum Gasteiger partial charge on any atom is 0.228 e. The molecule has 0 unspecified atom stereocenters. The van der Waals surface area contributed by atoms with E-state index in [4.69, 9.17) is 9.47 Å². The van der Waals surface area contributed by atoms with Crippen LogP contribution in [0.2, 0.25) is 0 Å². The molecule has 2 N–H and O–H groups in total. The number of amides is 1. The molecule has 7 nitrogen and oxygen atoms in total. The molecular formula is C30H26N4O3. The van der Waals surface area contributed by atoms with Crippen LogP contribution in [0.5, 0.6) is 11.5 Å². The molecule has 0 bridgehead atoms. The van der Waals surface area contributed by atoms with Crippen LogP contribution in [0.15, 0.2) is 97.3 Å². The number of aromatic nitrogens is 2. The van der Waals surface area contributed by atoms with Gasteiger partial charge in [-0.15, -0.1) is 0 Å². The van der Waals surface area contributed by atoms with Crippen molar-refractivity contribution < 1.29 is 14.3 Å². The number of nitrogens with one attached hydrogen (secondary N) is 2. The Kier molecular flexibility index (Phi) is 6.94. The zero-order valence-electron chi connectivity index (χ0n) is 20.6. The number of fused-ring (bicyclic) bond motifs is 1. The Morgan fingerprint density at radius 3 is 2.11 bits per heavy atom. The number of ether oxygens (including phenoxy) is 2. The number of hydrogen-bond donors (Lipinski definition) is 2. The van der Waals surface area contributed by atoms with Crippen molar-refractivity contribution in [3.8, 4) is 22.6 Å². The van der Waals surface area contributed by atoms with Gasteiger partial charge in [-0.25, -0.2) is 9.97 Å². The van der Waals surface area contributed by atoms with E-state index in [-0.39, 0.29) is 5.91 Å². The fourth-order valence-electron chi connectivity index (χ4n) is 4.09. The van der Waals surface area contributed by atoms with Crippen molar-refractivity contribution in [2.75, 3.05) is 24.9 Å². The minimum Gasteiger partial charge on any atom is -0.493 e. The van der Waals surface area contributed by atoms with E-state index in [9.17, 15) is 4.79 Å².